The van der Waals surface area contributed by atoms with Gasteiger partial charge in [-0.05, 0) is 18.2 Å². The van der Waals surface area contributed by atoms with Crippen LogP contribution in [-0.4, -0.2) is 30.3 Å². The van der Waals surface area contributed by atoms with Crippen LogP contribution in [0.15, 0.2) is 24.3 Å². The second-order valence-corrected chi connectivity index (χ2v) is 4.35. The molecule has 18 heavy (non-hydrogen) atoms. The van der Waals surface area contributed by atoms with Crippen molar-refractivity contribution in [3.8, 4) is 0 Å². The monoisotopic (exact) mass is 270 g/mol. The average molecular weight is 271 g/mol. The van der Waals surface area contributed by atoms with Crippen molar-refractivity contribution in [3.63, 3.8) is 0 Å². The summed E-state index contributed by atoms with van der Waals surface area (Å²) < 4.78 is 13.1. The van der Waals surface area contributed by atoms with E-state index in [1.165, 1.54) is 17.0 Å². The molecule has 4 nitrogen and oxygen atoms in total. The summed E-state index contributed by atoms with van der Waals surface area (Å²) in [6.45, 7) is 0.338. The fourth-order valence-corrected chi connectivity index (χ4v) is 2.04. The zero-order valence-electron chi connectivity index (χ0n) is 9.53. The van der Waals surface area contributed by atoms with E-state index < -0.39 is 5.82 Å². The summed E-state index contributed by atoms with van der Waals surface area (Å²) >= 11 is 5.38. The van der Waals surface area contributed by atoms with Gasteiger partial charge >= 0.3 is 0 Å². The highest BCUT2D eigenvalue weighted by atomic mass is 35.5. The zero-order chi connectivity index (χ0) is 13.1. The topological polar surface area (TPSA) is 49.4 Å². The van der Waals surface area contributed by atoms with E-state index in [0.29, 0.717) is 12.2 Å². The molecular weight excluding hydrogens is 259 g/mol. The minimum Gasteiger partial charge on any atom is -0.350 e. The molecule has 6 heteroatoms. The van der Waals surface area contributed by atoms with Gasteiger partial charge in [-0.15, -0.1) is 11.6 Å². The summed E-state index contributed by atoms with van der Waals surface area (Å²) in [7, 11) is 0. The minimum atomic E-state index is -0.395. The summed E-state index contributed by atoms with van der Waals surface area (Å²) in [6.07, 6.45) is 0.207. The Bertz CT molecular complexity index is 481. The lowest BCUT2D eigenvalue weighted by Gasteiger charge is -2.17. The van der Waals surface area contributed by atoms with Crippen LogP contribution in [0.5, 0.6) is 0 Å². The lowest BCUT2D eigenvalue weighted by Crippen LogP contribution is -2.37. The number of halogens is 2. The first-order valence-electron chi connectivity index (χ1n) is 5.51. The van der Waals surface area contributed by atoms with Gasteiger partial charge in [0.2, 0.25) is 11.8 Å². The highest BCUT2D eigenvalue weighted by molar-refractivity contribution is 6.27. The number of nitrogens with one attached hydrogen (secondary N) is 1. The van der Waals surface area contributed by atoms with E-state index in [1.54, 1.807) is 12.1 Å². The molecule has 1 saturated heterocycles. The molecule has 2 rings (SSSR count). The highest BCUT2D eigenvalue weighted by Gasteiger charge is 2.31. The lowest BCUT2D eigenvalue weighted by atomic mass is 10.2. The van der Waals surface area contributed by atoms with Crippen LogP contribution < -0.4 is 10.2 Å². The van der Waals surface area contributed by atoms with Gasteiger partial charge in [-0.2, -0.15) is 0 Å². The largest absolute Gasteiger partial charge is 0.350 e. The smallest absolute Gasteiger partial charge is 0.235 e. The number of benzene rings is 1. The van der Waals surface area contributed by atoms with Gasteiger partial charge in [0.05, 0.1) is 6.04 Å². The third-order valence-corrected chi connectivity index (χ3v) is 2.97. The van der Waals surface area contributed by atoms with E-state index in [9.17, 15) is 14.0 Å². The maximum atomic E-state index is 13.1. The van der Waals surface area contributed by atoms with Crippen molar-refractivity contribution >= 4 is 29.1 Å². The summed E-state index contributed by atoms with van der Waals surface area (Å²) in [5.41, 5.74) is 0.502. The quantitative estimate of drug-likeness (QED) is 0.842. The Balaban J connectivity index is 2.08. The van der Waals surface area contributed by atoms with Crippen molar-refractivity contribution in [2.24, 2.45) is 0 Å². The first-order valence-corrected chi connectivity index (χ1v) is 6.05. The van der Waals surface area contributed by atoms with Crippen LogP contribution >= 0.6 is 11.6 Å². The number of carbonyl (C=O) groups is 2. The Kier molecular flexibility index (Phi) is 3.81. The molecule has 1 N–H and O–H groups in total. The van der Waals surface area contributed by atoms with Crippen molar-refractivity contribution < 1.29 is 14.0 Å². The van der Waals surface area contributed by atoms with Crippen molar-refractivity contribution in [1.29, 1.82) is 0 Å². The third-order valence-electron chi connectivity index (χ3n) is 2.73. The second kappa shape index (κ2) is 5.35. The molecule has 0 spiro atoms. The molecule has 2 amide bonds. The van der Waals surface area contributed by atoms with Gasteiger partial charge in [-0.1, -0.05) is 6.07 Å². The number of carbonyl (C=O) groups excluding carboxylic acids is 2. The molecule has 1 aromatic carbocycles. The first-order chi connectivity index (χ1) is 8.60. The van der Waals surface area contributed by atoms with Gasteiger partial charge in [-0.25, -0.2) is 4.39 Å². The van der Waals surface area contributed by atoms with E-state index in [0.717, 1.165) is 0 Å². The fraction of sp³-hybridized carbons (Fsp3) is 0.333. The molecule has 1 fully saturated rings. The molecule has 1 atom stereocenters. The van der Waals surface area contributed by atoms with Gasteiger partial charge in [0.15, 0.2) is 0 Å². The Hall–Kier alpha value is -1.62. The maximum absolute atomic E-state index is 13.1. The molecular formula is C12H12ClFN2O2. The maximum Gasteiger partial charge on any atom is 0.235 e. The average Bonchev–Trinajstić information content (AvgIpc) is 2.70. The molecule has 0 bridgehead atoms. The van der Waals surface area contributed by atoms with E-state index >= 15 is 0 Å². The van der Waals surface area contributed by atoms with Crippen LogP contribution in [0.25, 0.3) is 0 Å². The molecule has 0 radical (unpaired) electrons. The molecule has 1 aliphatic rings. The number of anilines is 1. The Labute approximate surface area is 109 Å². The molecule has 0 aliphatic carbocycles. The number of rotatable bonds is 3. The van der Waals surface area contributed by atoms with Crippen LogP contribution in [0, 0.1) is 5.82 Å². The molecule has 0 saturated carbocycles. The molecule has 1 heterocycles. The number of alkyl halides is 1. The number of hydrogen-bond donors (Lipinski definition) is 1. The predicted octanol–water partition coefficient (Wildman–Crippen LogP) is 1.29. The van der Waals surface area contributed by atoms with Gasteiger partial charge in [0.25, 0.3) is 0 Å². The summed E-state index contributed by atoms with van der Waals surface area (Å²) in [6, 6.07) is 5.54. The van der Waals surface area contributed by atoms with Crippen LogP contribution in [0.1, 0.15) is 6.42 Å². The molecule has 1 unspecified atom stereocenters. The molecule has 0 aromatic heterocycles. The van der Waals surface area contributed by atoms with E-state index in [-0.39, 0.29) is 30.2 Å². The van der Waals surface area contributed by atoms with Crippen LogP contribution in [0.4, 0.5) is 10.1 Å². The van der Waals surface area contributed by atoms with Crippen molar-refractivity contribution in [2.75, 3.05) is 17.3 Å². The van der Waals surface area contributed by atoms with E-state index in [2.05, 4.69) is 5.32 Å². The van der Waals surface area contributed by atoms with Crippen molar-refractivity contribution in [2.45, 2.75) is 12.5 Å². The number of hydrogen-bond acceptors (Lipinski definition) is 2. The normalized spacial score (nSPS) is 19.1. The first kappa shape index (κ1) is 12.8. The van der Waals surface area contributed by atoms with Crippen molar-refractivity contribution in [1.82, 2.24) is 5.32 Å². The van der Waals surface area contributed by atoms with E-state index in [1.807, 2.05) is 0 Å². The Morgan fingerprint density at radius 2 is 2.33 bits per heavy atom. The second-order valence-electron chi connectivity index (χ2n) is 4.09. The van der Waals surface area contributed by atoms with Crippen LogP contribution in [0.3, 0.4) is 0 Å². The van der Waals surface area contributed by atoms with Crippen LogP contribution in [0.2, 0.25) is 0 Å². The molecule has 96 valence electrons. The lowest BCUT2D eigenvalue weighted by molar-refractivity contribution is -0.119. The summed E-state index contributed by atoms with van der Waals surface area (Å²) in [5.74, 6) is -0.977. The zero-order valence-corrected chi connectivity index (χ0v) is 10.3. The van der Waals surface area contributed by atoms with E-state index in [4.69, 9.17) is 11.6 Å². The van der Waals surface area contributed by atoms with Crippen LogP contribution in [-0.2, 0) is 9.59 Å². The van der Waals surface area contributed by atoms with Gasteiger partial charge in [-0.3, -0.25) is 9.59 Å². The Morgan fingerprint density at radius 1 is 1.56 bits per heavy atom. The highest BCUT2D eigenvalue weighted by Crippen LogP contribution is 2.22. The SMILES string of the molecule is O=C(CCl)NC1CC(=O)N(c2cccc(F)c2)C1. The molecule has 1 aromatic rings. The van der Waals surface area contributed by atoms with Gasteiger partial charge in [0, 0.05) is 18.7 Å². The number of nitrogens with zero attached hydrogens (tertiary/aromatic N) is 1. The predicted molar refractivity (Wildman–Crippen MR) is 66.0 cm³/mol. The standard InChI is InChI=1S/C12H12ClFN2O2/c13-6-11(17)15-9-5-12(18)16(7-9)10-3-1-2-8(14)4-10/h1-4,9H,5-7H2,(H,15,17). The third kappa shape index (κ3) is 2.79. The Morgan fingerprint density at radius 3 is 3.00 bits per heavy atom. The summed E-state index contributed by atoms with van der Waals surface area (Å²) in [5, 5.41) is 2.65. The van der Waals surface area contributed by atoms with Crippen molar-refractivity contribution in [3.05, 3.63) is 30.1 Å². The summed E-state index contributed by atoms with van der Waals surface area (Å²) in [4.78, 5) is 24.4. The fourth-order valence-electron chi connectivity index (χ4n) is 1.96. The molecule has 1 aliphatic heterocycles. The minimum absolute atomic E-state index is 0.134. The number of amides is 2. The van der Waals surface area contributed by atoms with Gasteiger partial charge < -0.3 is 10.2 Å². The van der Waals surface area contributed by atoms with Gasteiger partial charge in [0.1, 0.15) is 11.7 Å².